The van der Waals surface area contributed by atoms with Crippen molar-refractivity contribution in [3.05, 3.63) is 47.7 Å². The van der Waals surface area contributed by atoms with Crippen LogP contribution in [0.1, 0.15) is 57.2 Å². The van der Waals surface area contributed by atoms with Crippen molar-refractivity contribution in [2.24, 2.45) is 0 Å². The number of aryl methyl sites for hydroxylation is 1. The highest BCUT2D eigenvalue weighted by Gasteiger charge is 2.34. The van der Waals surface area contributed by atoms with Crippen molar-refractivity contribution in [3.8, 4) is 0 Å². The Hall–Kier alpha value is -1.76. The summed E-state index contributed by atoms with van der Waals surface area (Å²) in [7, 11) is 0. The topological polar surface area (TPSA) is 15.8 Å². The Kier molecular flexibility index (Phi) is 3.25. The molecule has 0 unspecified atom stereocenters. The zero-order chi connectivity index (χ0) is 15.2. The highest BCUT2D eigenvalue weighted by Crippen LogP contribution is 2.43. The van der Waals surface area contributed by atoms with E-state index in [4.69, 9.17) is 0 Å². The molecule has 0 amide bonds. The number of benzene rings is 2. The molecule has 1 aliphatic carbocycles. The fraction of sp³-hybridized carbons (Fsp3) is 0.429. The second kappa shape index (κ2) is 5.15. The molecular formula is C21H25N. The number of aromatic nitrogens is 1. The summed E-state index contributed by atoms with van der Waals surface area (Å²) in [6.07, 6.45) is 7.81. The van der Waals surface area contributed by atoms with Crippen LogP contribution in [-0.4, -0.2) is 4.98 Å². The molecule has 0 spiro atoms. The Morgan fingerprint density at radius 2 is 1.91 bits per heavy atom. The highest BCUT2D eigenvalue weighted by atomic mass is 14.8. The van der Waals surface area contributed by atoms with E-state index in [1.54, 1.807) is 5.56 Å². The van der Waals surface area contributed by atoms with Crippen LogP contribution in [0.5, 0.6) is 0 Å². The predicted octanol–water partition coefficient (Wildman–Crippen LogP) is 6.11. The largest absolute Gasteiger partial charge is 0.358 e. The highest BCUT2D eigenvalue weighted by molar-refractivity contribution is 5.99. The summed E-state index contributed by atoms with van der Waals surface area (Å²) < 4.78 is 0. The Morgan fingerprint density at radius 3 is 2.68 bits per heavy atom. The van der Waals surface area contributed by atoms with Crippen molar-refractivity contribution < 1.29 is 0 Å². The van der Waals surface area contributed by atoms with Crippen molar-refractivity contribution >= 4 is 21.7 Å². The summed E-state index contributed by atoms with van der Waals surface area (Å²) in [5.74, 6) is 0. The summed E-state index contributed by atoms with van der Waals surface area (Å²) in [6.45, 7) is 4.76. The van der Waals surface area contributed by atoms with E-state index in [-0.39, 0.29) is 0 Å². The fourth-order valence-corrected chi connectivity index (χ4v) is 4.31. The third kappa shape index (κ3) is 2.06. The van der Waals surface area contributed by atoms with Gasteiger partial charge in [0.15, 0.2) is 0 Å². The molecule has 3 aromatic rings. The molecule has 0 saturated carbocycles. The first kappa shape index (κ1) is 13.9. The minimum absolute atomic E-state index is 0.342. The molecule has 1 aliphatic rings. The van der Waals surface area contributed by atoms with Gasteiger partial charge in [-0.25, -0.2) is 0 Å². The van der Waals surface area contributed by atoms with Crippen molar-refractivity contribution in [2.75, 3.05) is 0 Å². The maximum Gasteiger partial charge on any atom is 0.0465 e. The van der Waals surface area contributed by atoms with Gasteiger partial charge in [-0.3, -0.25) is 0 Å². The van der Waals surface area contributed by atoms with Gasteiger partial charge in [-0.15, -0.1) is 0 Å². The smallest absolute Gasteiger partial charge is 0.0465 e. The Balaban J connectivity index is 1.92. The third-order valence-corrected chi connectivity index (χ3v) is 5.61. The van der Waals surface area contributed by atoms with Gasteiger partial charge in [0.25, 0.3) is 0 Å². The SMILES string of the molecule is CCCC[C@]1(C)CCCc2c1[nH]c1cc3ccccc3cc21. The van der Waals surface area contributed by atoms with Crippen LogP contribution < -0.4 is 0 Å². The first-order chi connectivity index (χ1) is 10.7. The molecule has 1 nitrogen and oxygen atoms in total. The van der Waals surface area contributed by atoms with Crippen LogP contribution in [0, 0.1) is 0 Å². The molecule has 22 heavy (non-hydrogen) atoms. The van der Waals surface area contributed by atoms with Crippen molar-refractivity contribution in [1.29, 1.82) is 0 Å². The van der Waals surface area contributed by atoms with E-state index >= 15 is 0 Å². The molecule has 1 heterocycles. The third-order valence-electron chi connectivity index (χ3n) is 5.61. The van der Waals surface area contributed by atoms with Gasteiger partial charge in [0.2, 0.25) is 0 Å². The van der Waals surface area contributed by atoms with E-state index in [0.717, 1.165) is 0 Å². The molecule has 1 atom stereocenters. The van der Waals surface area contributed by atoms with Gasteiger partial charge in [0.1, 0.15) is 0 Å². The average Bonchev–Trinajstić information content (AvgIpc) is 2.90. The molecule has 0 bridgehead atoms. The summed E-state index contributed by atoms with van der Waals surface area (Å²) in [5, 5.41) is 4.15. The van der Waals surface area contributed by atoms with E-state index in [9.17, 15) is 0 Å². The van der Waals surface area contributed by atoms with Gasteiger partial charge in [-0.2, -0.15) is 0 Å². The van der Waals surface area contributed by atoms with Crippen LogP contribution in [0.4, 0.5) is 0 Å². The second-order valence-corrected chi connectivity index (χ2v) is 7.24. The lowest BCUT2D eigenvalue weighted by Gasteiger charge is -2.34. The van der Waals surface area contributed by atoms with E-state index < -0.39 is 0 Å². The molecule has 4 rings (SSSR count). The maximum atomic E-state index is 3.81. The van der Waals surface area contributed by atoms with Crippen molar-refractivity contribution in [1.82, 2.24) is 4.98 Å². The van der Waals surface area contributed by atoms with Crippen LogP contribution in [0.2, 0.25) is 0 Å². The number of unbranched alkanes of at least 4 members (excludes halogenated alkanes) is 1. The lowest BCUT2D eigenvalue weighted by atomic mass is 9.71. The minimum atomic E-state index is 0.342. The summed E-state index contributed by atoms with van der Waals surface area (Å²) in [5.41, 5.74) is 4.78. The summed E-state index contributed by atoms with van der Waals surface area (Å²) in [6, 6.07) is 13.4. The van der Waals surface area contributed by atoms with Gasteiger partial charge in [0.05, 0.1) is 0 Å². The van der Waals surface area contributed by atoms with Crippen LogP contribution in [-0.2, 0) is 11.8 Å². The lowest BCUT2D eigenvalue weighted by molar-refractivity contribution is 0.349. The molecule has 0 fully saturated rings. The number of aromatic amines is 1. The number of nitrogens with one attached hydrogen (secondary N) is 1. The maximum absolute atomic E-state index is 3.81. The molecule has 1 aromatic heterocycles. The van der Waals surface area contributed by atoms with E-state index in [2.05, 4.69) is 55.2 Å². The number of fused-ring (bicyclic) bond motifs is 4. The van der Waals surface area contributed by atoms with E-state index in [1.807, 2.05) is 0 Å². The second-order valence-electron chi connectivity index (χ2n) is 7.24. The van der Waals surface area contributed by atoms with Gasteiger partial charge in [0, 0.05) is 22.0 Å². The Labute approximate surface area is 132 Å². The average molecular weight is 291 g/mol. The monoisotopic (exact) mass is 291 g/mol. The number of rotatable bonds is 3. The molecule has 114 valence electrons. The Bertz CT molecular complexity index is 826. The Morgan fingerprint density at radius 1 is 1.14 bits per heavy atom. The van der Waals surface area contributed by atoms with Gasteiger partial charge < -0.3 is 4.98 Å². The number of H-pyrrole nitrogens is 1. The standard InChI is InChI=1S/C21H25N/c1-3-4-11-21(2)12-7-10-17-18-13-15-8-5-6-9-16(15)14-19(18)22-20(17)21/h5-6,8-9,13-14,22H,3-4,7,10-12H2,1-2H3/t21-/m1/s1. The fourth-order valence-electron chi connectivity index (χ4n) is 4.31. The normalized spacial score (nSPS) is 21.4. The number of hydrogen-bond acceptors (Lipinski definition) is 0. The molecule has 0 saturated heterocycles. The molecule has 1 N–H and O–H groups in total. The van der Waals surface area contributed by atoms with Gasteiger partial charge in [-0.1, -0.05) is 51.0 Å². The van der Waals surface area contributed by atoms with E-state index in [1.165, 1.54) is 65.9 Å². The molecule has 2 aromatic carbocycles. The van der Waals surface area contributed by atoms with Crippen LogP contribution in [0.15, 0.2) is 36.4 Å². The van der Waals surface area contributed by atoms with E-state index in [0.29, 0.717) is 5.41 Å². The molecule has 1 heteroatoms. The lowest BCUT2D eigenvalue weighted by Crippen LogP contribution is -2.27. The van der Waals surface area contributed by atoms with Crippen LogP contribution in [0.25, 0.3) is 21.7 Å². The molecule has 0 aliphatic heterocycles. The summed E-state index contributed by atoms with van der Waals surface area (Å²) in [4.78, 5) is 3.81. The van der Waals surface area contributed by atoms with Gasteiger partial charge >= 0.3 is 0 Å². The first-order valence-corrected chi connectivity index (χ1v) is 8.75. The predicted molar refractivity (Wildman–Crippen MR) is 95.6 cm³/mol. The quantitative estimate of drug-likeness (QED) is 0.599. The van der Waals surface area contributed by atoms with Crippen molar-refractivity contribution in [2.45, 2.75) is 57.8 Å². The van der Waals surface area contributed by atoms with Gasteiger partial charge in [-0.05, 0) is 54.2 Å². The van der Waals surface area contributed by atoms with Crippen LogP contribution >= 0.6 is 0 Å². The molecular weight excluding hydrogens is 266 g/mol. The summed E-state index contributed by atoms with van der Waals surface area (Å²) >= 11 is 0. The zero-order valence-corrected chi connectivity index (χ0v) is 13.7. The van der Waals surface area contributed by atoms with Crippen LogP contribution in [0.3, 0.4) is 0 Å². The number of hydrogen-bond donors (Lipinski definition) is 1. The zero-order valence-electron chi connectivity index (χ0n) is 13.7. The minimum Gasteiger partial charge on any atom is -0.358 e. The first-order valence-electron chi connectivity index (χ1n) is 8.75. The van der Waals surface area contributed by atoms with Crippen molar-refractivity contribution in [3.63, 3.8) is 0 Å². The molecule has 0 radical (unpaired) electrons.